The summed E-state index contributed by atoms with van der Waals surface area (Å²) in [4.78, 5) is 43.4. The molecule has 0 unspecified atom stereocenters. The third kappa shape index (κ3) is 3.86. The molecule has 0 aliphatic heterocycles. The van der Waals surface area contributed by atoms with E-state index in [9.17, 15) is 14.4 Å². The molecule has 3 rings (SSSR count). The number of rotatable bonds is 6. The molecule has 3 aromatic rings. The van der Waals surface area contributed by atoms with Crippen LogP contribution in [-0.4, -0.2) is 27.9 Å². The van der Waals surface area contributed by atoms with Gasteiger partial charge in [-0.1, -0.05) is 18.2 Å². The maximum absolute atomic E-state index is 12.7. The topological polar surface area (TPSA) is 93.1 Å². The number of hydrogen-bond acceptors (Lipinski definition) is 5. The highest BCUT2D eigenvalue weighted by atomic mass is 32.1. The van der Waals surface area contributed by atoms with Crippen LogP contribution in [0.25, 0.3) is 10.2 Å². The van der Waals surface area contributed by atoms with E-state index in [2.05, 4.69) is 22.2 Å². The Bertz CT molecular complexity index is 1130. The highest BCUT2D eigenvalue weighted by molar-refractivity contribution is 7.18. The van der Waals surface area contributed by atoms with Crippen LogP contribution < -0.4 is 16.2 Å². The van der Waals surface area contributed by atoms with Gasteiger partial charge in [-0.3, -0.25) is 19.0 Å². The number of aromatic nitrogens is 2. The van der Waals surface area contributed by atoms with E-state index in [-0.39, 0.29) is 18.0 Å². The van der Waals surface area contributed by atoms with Crippen LogP contribution in [0.1, 0.15) is 20.8 Å². The standard InChI is InChI=1S/C20H20N4O3S/c1-4-9-21-18(26)14-7-5-6-8-15(14)23-16(25)10-24-11-22-19-17(20(24)27)12(2)13(3)28-19/h4-8,11H,1,9-10H2,2-3H3,(H,21,26)(H,23,25). The van der Waals surface area contributed by atoms with Crippen LogP contribution in [0.4, 0.5) is 5.69 Å². The zero-order chi connectivity index (χ0) is 20.3. The fraction of sp³-hybridized carbons (Fsp3) is 0.200. The second kappa shape index (κ2) is 8.18. The first-order valence-electron chi connectivity index (χ1n) is 8.65. The molecule has 0 aliphatic carbocycles. The van der Waals surface area contributed by atoms with Gasteiger partial charge in [0.1, 0.15) is 11.4 Å². The maximum atomic E-state index is 12.7. The van der Waals surface area contributed by atoms with Crippen molar-refractivity contribution < 1.29 is 9.59 Å². The molecule has 144 valence electrons. The Morgan fingerprint density at radius 3 is 2.79 bits per heavy atom. The van der Waals surface area contributed by atoms with Gasteiger partial charge in [-0.2, -0.15) is 0 Å². The van der Waals surface area contributed by atoms with Gasteiger partial charge in [0.25, 0.3) is 11.5 Å². The first-order valence-corrected chi connectivity index (χ1v) is 9.47. The van der Waals surface area contributed by atoms with Crippen LogP contribution in [0.2, 0.25) is 0 Å². The Labute approximate surface area is 165 Å². The minimum absolute atomic E-state index is 0.196. The van der Waals surface area contributed by atoms with E-state index in [4.69, 9.17) is 0 Å². The minimum atomic E-state index is -0.420. The summed E-state index contributed by atoms with van der Waals surface area (Å²) < 4.78 is 1.28. The number of benzene rings is 1. The quantitative estimate of drug-likeness (QED) is 0.627. The minimum Gasteiger partial charge on any atom is -0.349 e. The number of nitrogens with zero attached hydrogens (tertiary/aromatic N) is 2. The molecule has 0 bridgehead atoms. The fourth-order valence-corrected chi connectivity index (χ4v) is 3.76. The van der Waals surface area contributed by atoms with Crippen molar-refractivity contribution in [3.63, 3.8) is 0 Å². The number of para-hydroxylation sites is 1. The Kier molecular flexibility index (Phi) is 5.70. The smallest absolute Gasteiger partial charge is 0.262 e. The van der Waals surface area contributed by atoms with Crippen LogP contribution in [0.5, 0.6) is 0 Å². The number of hydrogen-bond donors (Lipinski definition) is 2. The van der Waals surface area contributed by atoms with Gasteiger partial charge in [-0.05, 0) is 31.5 Å². The Morgan fingerprint density at radius 1 is 1.29 bits per heavy atom. The molecule has 7 nitrogen and oxygen atoms in total. The molecular weight excluding hydrogens is 376 g/mol. The molecule has 0 saturated carbocycles. The third-order valence-electron chi connectivity index (χ3n) is 4.32. The van der Waals surface area contributed by atoms with Crippen LogP contribution in [-0.2, 0) is 11.3 Å². The lowest BCUT2D eigenvalue weighted by molar-refractivity contribution is -0.116. The number of carbonyl (C=O) groups is 2. The summed E-state index contributed by atoms with van der Waals surface area (Å²) in [5.74, 6) is -0.739. The molecule has 2 amide bonds. The lowest BCUT2D eigenvalue weighted by atomic mass is 10.1. The predicted octanol–water partition coefficient (Wildman–Crippen LogP) is 2.63. The number of fused-ring (bicyclic) bond motifs is 1. The van der Waals surface area contributed by atoms with Crippen LogP contribution >= 0.6 is 11.3 Å². The van der Waals surface area contributed by atoms with E-state index >= 15 is 0 Å². The third-order valence-corrected chi connectivity index (χ3v) is 5.44. The number of carbonyl (C=O) groups excluding carboxylic acids is 2. The molecule has 0 saturated heterocycles. The fourth-order valence-electron chi connectivity index (χ4n) is 2.78. The highest BCUT2D eigenvalue weighted by Crippen LogP contribution is 2.25. The second-order valence-electron chi connectivity index (χ2n) is 6.23. The van der Waals surface area contributed by atoms with Crippen molar-refractivity contribution in [2.24, 2.45) is 0 Å². The summed E-state index contributed by atoms with van der Waals surface area (Å²) in [6.07, 6.45) is 2.95. The maximum Gasteiger partial charge on any atom is 0.262 e. The van der Waals surface area contributed by atoms with E-state index in [0.717, 1.165) is 10.4 Å². The Balaban J connectivity index is 1.82. The summed E-state index contributed by atoms with van der Waals surface area (Å²) in [5, 5.41) is 5.92. The van der Waals surface area contributed by atoms with Gasteiger partial charge in [0.2, 0.25) is 5.91 Å². The van der Waals surface area contributed by atoms with Gasteiger partial charge in [-0.15, -0.1) is 17.9 Å². The van der Waals surface area contributed by atoms with Gasteiger partial charge < -0.3 is 10.6 Å². The summed E-state index contributed by atoms with van der Waals surface area (Å²) in [7, 11) is 0. The van der Waals surface area contributed by atoms with E-state index in [1.54, 1.807) is 30.3 Å². The van der Waals surface area contributed by atoms with E-state index < -0.39 is 5.91 Å². The summed E-state index contributed by atoms with van der Waals surface area (Å²) in [5.41, 5.74) is 1.34. The van der Waals surface area contributed by atoms with E-state index in [0.29, 0.717) is 28.0 Å². The SMILES string of the molecule is C=CCNC(=O)c1ccccc1NC(=O)Cn1cnc2sc(C)c(C)c2c1=O. The van der Waals surface area contributed by atoms with Crippen molar-refractivity contribution >= 4 is 39.1 Å². The first kappa shape index (κ1) is 19.5. The van der Waals surface area contributed by atoms with Crippen molar-refractivity contribution in [1.82, 2.24) is 14.9 Å². The number of thiophene rings is 1. The molecule has 0 spiro atoms. The van der Waals surface area contributed by atoms with Gasteiger partial charge in [-0.25, -0.2) is 4.98 Å². The lowest BCUT2D eigenvalue weighted by Crippen LogP contribution is -2.29. The molecule has 1 aromatic carbocycles. The average molecular weight is 396 g/mol. The molecule has 0 aliphatic rings. The highest BCUT2D eigenvalue weighted by Gasteiger charge is 2.16. The molecular formula is C20H20N4O3S. The molecule has 0 radical (unpaired) electrons. The summed E-state index contributed by atoms with van der Waals surface area (Å²) >= 11 is 1.46. The number of anilines is 1. The average Bonchev–Trinajstić information content (AvgIpc) is 2.97. The van der Waals surface area contributed by atoms with Crippen molar-refractivity contribution in [3.05, 3.63) is 69.6 Å². The second-order valence-corrected chi connectivity index (χ2v) is 7.44. The molecule has 2 heterocycles. The monoisotopic (exact) mass is 396 g/mol. The Morgan fingerprint density at radius 2 is 2.04 bits per heavy atom. The zero-order valence-electron chi connectivity index (χ0n) is 15.6. The zero-order valence-corrected chi connectivity index (χ0v) is 16.4. The molecule has 2 aromatic heterocycles. The Hall–Kier alpha value is -3.26. The van der Waals surface area contributed by atoms with Gasteiger partial charge in [0.05, 0.1) is 23.0 Å². The van der Waals surface area contributed by atoms with Crippen LogP contribution in [0.15, 0.2) is 48.0 Å². The van der Waals surface area contributed by atoms with Crippen molar-refractivity contribution in [2.45, 2.75) is 20.4 Å². The normalized spacial score (nSPS) is 10.6. The largest absolute Gasteiger partial charge is 0.349 e. The molecule has 2 N–H and O–H groups in total. The van der Waals surface area contributed by atoms with Crippen molar-refractivity contribution in [2.75, 3.05) is 11.9 Å². The summed E-state index contributed by atoms with van der Waals surface area (Å²) in [6.45, 7) is 7.50. The summed E-state index contributed by atoms with van der Waals surface area (Å²) in [6, 6.07) is 6.68. The van der Waals surface area contributed by atoms with Crippen LogP contribution in [0, 0.1) is 13.8 Å². The van der Waals surface area contributed by atoms with Crippen molar-refractivity contribution in [1.29, 1.82) is 0 Å². The van der Waals surface area contributed by atoms with Gasteiger partial charge in [0, 0.05) is 11.4 Å². The van der Waals surface area contributed by atoms with Gasteiger partial charge >= 0.3 is 0 Å². The lowest BCUT2D eigenvalue weighted by Gasteiger charge is -2.11. The number of aryl methyl sites for hydroxylation is 2. The molecule has 0 atom stereocenters. The molecule has 8 heteroatoms. The molecule has 0 fully saturated rings. The van der Waals surface area contributed by atoms with E-state index in [1.807, 2.05) is 13.8 Å². The van der Waals surface area contributed by atoms with Crippen molar-refractivity contribution in [3.8, 4) is 0 Å². The molecule has 28 heavy (non-hydrogen) atoms. The van der Waals surface area contributed by atoms with Gasteiger partial charge in [0.15, 0.2) is 0 Å². The van der Waals surface area contributed by atoms with E-state index in [1.165, 1.54) is 22.2 Å². The number of amides is 2. The number of nitrogens with one attached hydrogen (secondary N) is 2. The first-order chi connectivity index (χ1) is 13.4. The predicted molar refractivity (Wildman–Crippen MR) is 111 cm³/mol. The van der Waals surface area contributed by atoms with Crippen LogP contribution in [0.3, 0.4) is 0 Å².